The van der Waals surface area contributed by atoms with Crippen molar-refractivity contribution in [2.24, 2.45) is 5.92 Å². The quantitative estimate of drug-likeness (QED) is 0.892. The molecule has 7 nitrogen and oxygen atoms in total. The van der Waals surface area contributed by atoms with Crippen LogP contribution in [0.25, 0.3) is 0 Å². The van der Waals surface area contributed by atoms with E-state index in [2.05, 4.69) is 15.5 Å². The van der Waals surface area contributed by atoms with Crippen molar-refractivity contribution in [3.05, 3.63) is 5.01 Å². The predicted octanol–water partition coefficient (Wildman–Crippen LogP) is 2.61. The summed E-state index contributed by atoms with van der Waals surface area (Å²) >= 11 is 1.50. The molecule has 136 valence electrons. The maximum atomic E-state index is 12.7. The Bertz CT molecular complexity index is 650. The van der Waals surface area contributed by atoms with Crippen molar-refractivity contribution < 1.29 is 14.3 Å². The summed E-state index contributed by atoms with van der Waals surface area (Å²) in [6.07, 6.45) is 6.60. The molecule has 4 aliphatic rings. The molecule has 1 aromatic rings. The highest BCUT2D eigenvalue weighted by molar-refractivity contribution is 7.15. The number of nitrogens with one attached hydrogen (secondary N) is 1. The second-order valence-corrected chi connectivity index (χ2v) is 8.70. The average Bonchev–Trinajstić information content (AvgIpc) is 3.12. The Labute approximate surface area is 151 Å². The molecular formula is C17H24N4O3S. The third-order valence-corrected chi connectivity index (χ3v) is 7.00. The van der Waals surface area contributed by atoms with Gasteiger partial charge in [-0.3, -0.25) is 5.32 Å². The van der Waals surface area contributed by atoms with Gasteiger partial charge in [-0.25, -0.2) is 4.79 Å². The number of anilines is 1. The first kappa shape index (κ1) is 16.0. The number of nitrogens with zero attached hydrogens (tertiary/aromatic N) is 3. The SMILES string of the molecule is O=C(Nc1nnc(C2CCOCC2)s1)N1CC2(CCCO2)C1C1CC1. The monoisotopic (exact) mass is 364 g/mol. The summed E-state index contributed by atoms with van der Waals surface area (Å²) in [7, 11) is 0. The molecule has 3 saturated heterocycles. The second kappa shape index (κ2) is 6.17. The van der Waals surface area contributed by atoms with Crippen LogP contribution in [0, 0.1) is 5.92 Å². The smallest absolute Gasteiger partial charge is 0.324 e. The lowest BCUT2D eigenvalue weighted by molar-refractivity contribution is -0.145. The van der Waals surface area contributed by atoms with Crippen LogP contribution in [0.3, 0.4) is 0 Å². The van der Waals surface area contributed by atoms with Crippen LogP contribution >= 0.6 is 11.3 Å². The maximum Gasteiger partial charge on any atom is 0.324 e. The van der Waals surface area contributed by atoms with Crippen molar-refractivity contribution in [2.75, 3.05) is 31.7 Å². The van der Waals surface area contributed by atoms with Crippen molar-refractivity contribution in [2.45, 2.75) is 56.1 Å². The summed E-state index contributed by atoms with van der Waals surface area (Å²) in [4.78, 5) is 14.7. The molecule has 25 heavy (non-hydrogen) atoms. The molecule has 0 radical (unpaired) electrons. The first-order chi connectivity index (χ1) is 12.3. The molecule has 8 heteroatoms. The van der Waals surface area contributed by atoms with Gasteiger partial charge in [0.1, 0.15) is 10.6 Å². The van der Waals surface area contributed by atoms with Crippen LogP contribution < -0.4 is 5.32 Å². The Hall–Kier alpha value is -1.25. The standard InChI is InChI=1S/C17H24N4O3S/c22-16(18-15-20-19-14(25-15)12-4-8-23-9-5-12)21-10-17(6-1-7-24-17)13(21)11-2-3-11/h11-13H,1-10H2,(H,18,20,22). The molecule has 2 amide bonds. The maximum absolute atomic E-state index is 12.7. The zero-order valence-corrected chi connectivity index (χ0v) is 15.1. The van der Waals surface area contributed by atoms with E-state index in [1.165, 1.54) is 24.2 Å². The van der Waals surface area contributed by atoms with Gasteiger partial charge in [-0.05, 0) is 44.4 Å². The molecule has 1 aliphatic carbocycles. The van der Waals surface area contributed by atoms with Gasteiger partial charge >= 0.3 is 6.03 Å². The summed E-state index contributed by atoms with van der Waals surface area (Å²) < 4.78 is 11.4. The third-order valence-electron chi connectivity index (χ3n) is 6.00. The predicted molar refractivity (Wildman–Crippen MR) is 92.9 cm³/mol. The number of rotatable bonds is 3. The van der Waals surface area contributed by atoms with Crippen molar-refractivity contribution in [3.8, 4) is 0 Å². The molecule has 2 atom stereocenters. The van der Waals surface area contributed by atoms with Crippen LogP contribution in [0.2, 0.25) is 0 Å². The average molecular weight is 364 g/mol. The number of hydrogen-bond acceptors (Lipinski definition) is 6. The second-order valence-electron chi connectivity index (χ2n) is 7.69. The molecule has 2 unspecified atom stereocenters. The number of aromatic nitrogens is 2. The Balaban J connectivity index is 1.24. The fraction of sp³-hybridized carbons (Fsp3) is 0.824. The molecule has 1 spiro atoms. The Morgan fingerprint density at radius 1 is 1.20 bits per heavy atom. The third kappa shape index (κ3) is 2.84. The largest absolute Gasteiger partial charge is 0.381 e. The van der Waals surface area contributed by atoms with E-state index < -0.39 is 0 Å². The Morgan fingerprint density at radius 3 is 2.76 bits per heavy atom. The number of ether oxygens (including phenoxy) is 2. The summed E-state index contributed by atoms with van der Waals surface area (Å²) in [5.41, 5.74) is -0.0626. The highest BCUT2D eigenvalue weighted by Gasteiger charge is 2.61. The van der Waals surface area contributed by atoms with Crippen LogP contribution in [-0.4, -0.2) is 59.1 Å². The van der Waals surface area contributed by atoms with E-state index in [1.807, 2.05) is 4.90 Å². The van der Waals surface area contributed by atoms with Gasteiger partial charge in [0, 0.05) is 25.7 Å². The van der Waals surface area contributed by atoms with Gasteiger partial charge in [0.05, 0.1) is 12.6 Å². The molecule has 1 N–H and O–H groups in total. The van der Waals surface area contributed by atoms with Gasteiger partial charge in [-0.1, -0.05) is 11.3 Å². The molecule has 1 saturated carbocycles. The van der Waals surface area contributed by atoms with E-state index in [4.69, 9.17) is 9.47 Å². The molecule has 0 bridgehead atoms. The van der Waals surface area contributed by atoms with Gasteiger partial charge in [0.15, 0.2) is 0 Å². The molecular weight excluding hydrogens is 340 g/mol. The van der Waals surface area contributed by atoms with Crippen LogP contribution in [0.4, 0.5) is 9.93 Å². The van der Waals surface area contributed by atoms with Gasteiger partial charge in [-0.15, -0.1) is 10.2 Å². The minimum absolute atomic E-state index is 0.0484. The summed E-state index contributed by atoms with van der Waals surface area (Å²) in [6, 6.07) is 0.200. The van der Waals surface area contributed by atoms with E-state index in [0.717, 1.165) is 50.5 Å². The number of carbonyl (C=O) groups is 1. The minimum Gasteiger partial charge on any atom is -0.381 e. The summed E-state index contributed by atoms with van der Waals surface area (Å²) in [5, 5.41) is 13.1. The lowest BCUT2D eigenvalue weighted by atomic mass is 9.78. The summed E-state index contributed by atoms with van der Waals surface area (Å²) in [6.45, 7) is 3.12. The van der Waals surface area contributed by atoms with Crippen molar-refractivity contribution in [1.29, 1.82) is 0 Å². The van der Waals surface area contributed by atoms with Gasteiger partial charge in [-0.2, -0.15) is 0 Å². The van der Waals surface area contributed by atoms with Crippen LogP contribution in [0.5, 0.6) is 0 Å². The van der Waals surface area contributed by atoms with Crippen molar-refractivity contribution in [3.63, 3.8) is 0 Å². The number of urea groups is 1. The molecule has 4 heterocycles. The van der Waals surface area contributed by atoms with Gasteiger partial charge in [0.2, 0.25) is 5.13 Å². The fourth-order valence-corrected chi connectivity index (χ4v) is 5.48. The first-order valence-corrected chi connectivity index (χ1v) is 10.2. The molecule has 0 aromatic carbocycles. The van der Waals surface area contributed by atoms with Crippen molar-refractivity contribution >= 4 is 22.5 Å². The van der Waals surface area contributed by atoms with Gasteiger partial charge in [0.25, 0.3) is 0 Å². The molecule has 1 aromatic heterocycles. The Morgan fingerprint density at radius 2 is 2.04 bits per heavy atom. The number of hydrogen-bond donors (Lipinski definition) is 1. The number of amides is 2. The van der Waals surface area contributed by atoms with Crippen LogP contribution in [0.1, 0.15) is 49.5 Å². The van der Waals surface area contributed by atoms with E-state index in [0.29, 0.717) is 23.5 Å². The topological polar surface area (TPSA) is 76.6 Å². The molecule has 3 aliphatic heterocycles. The lowest BCUT2D eigenvalue weighted by Gasteiger charge is -2.55. The van der Waals surface area contributed by atoms with E-state index in [-0.39, 0.29) is 17.7 Å². The van der Waals surface area contributed by atoms with E-state index >= 15 is 0 Å². The first-order valence-electron chi connectivity index (χ1n) is 9.38. The normalized spacial score (nSPS) is 32.8. The van der Waals surface area contributed by atoms with Gasteiger partial charge < -0.3 is 14.4 Å². The highest BCUT2D eigenvalue weighted by atomic mass is 32.1. The number of carbonyl (C=O) groups excluding carboxylic acids is 1. The van der Waals surface area contributed by atoms with Crippen LogP contribution in [0.15, 0.2) is 0 Å². The number of likely N-dealkylation sites (tertiary alicyclic amines) is 1. The summed E-state index contributed by atoms with van der Waals surface area (Å²) in [5.74, 6) is 1.03. The lowest BCUT2D eigenvalue weighted by Crippen LogP contribution is -2.72. The minimum atomic E-state index is -0.0626. The zero-order chi connectivity index (χ0) is 16.9. The van der Waals surface area contributed by atoms with E-state index in [1.54, 1.807) is 0 Å². The molecule has 5 rings (SSSR count). The van der Waals surface area contributed by atoms with Crippen molar-refractivity contribution in [1.82, 2.24) is 15.1 Å². The highest BCUT2D eigenvalue weighted by Crippen LogP contribution is 2.51. The molecule has 4 fully saturated rings. The Kier molecular flexibility index (Phi) is 3.94. The van der Waals surface area contributed by atoms with E-state index in [9.17, 15) is 4.79 Å². The zero-order valence-electron chi connectivity index (χ0n) is 14.3. The fourth-order valence-electron chi connectivity index (χ4n) is 4.58. The van der Waals surface area contributed by atoms with Crippen LogP contribution in [-0.2, 0) is 9.47 Å².